The molecule has 1 heterocycles. The second-order valence-corrected chi connectivity index (χ2v) is 5.13. The Morgan fingerprint density at radius 2 is 1.04 bits per heavy atom. The van der Waals surface area contributed by atoms with E-state index in [1.54, 1.807) is 48.5 Å². The highest BCUT2D eigenvalue weighted by atomic mass is 16.5. The SMILES string of the molecule is COc1ccc(C2=C(c3ccc(OC)cc3)C(=O)N(O)C2=O)cc1. The molecule has 0 saturated heterocycles. The van der Waals surface area contributed by atoms with E-state index in [-0.39, 0.29) is 16.2 Å². The second kappa shape index (κ2) is 6.17. The third kappa shape index (κ3) is 2.53. The summed E-state index contributed by atoms with van der Waals surface area (Å²) in [6, 6.07) is 13.4. The highest BCUT2D eigenvalue weighted by molar-refractivity contribution is 6.48. The summed E-state index contributed by atoms with van der Waals surface area (Å²) in [5.41, 5.74) is 1.35. The summed E-state index contributed by atoms with van der Waals surface area (Å²) in [7, 11) is 3.08. The van der Waals surface area contributed by atoms with Crippen LogP contribution in [-0.4, -0.2) is 36.3 Å². The van der Waals surface area contributed by atoms with Gasteiger partial charge in [-0.2, -0.15) is 0 Å². The van der Waals surface area contributed by atoms with Gasteiger partial charge in [0.1, 0.15) is 11.5 Å². The molecule has 2 amide bonds. The lowest BCUT2D eigenvalue weighted by Crippen LogP contribution is -2.27. The van der Waals surface area contributed by atoms with Crippen molar-refractivity contribution in [2.45, 2.75) is 0 Å². The van der Waals surface area contributed by atoms with Gasteiger partial charge in [-0.05, 0) is 35.4 Å². The first-order valence-corrected chi connectivity index (χ1v) is 7.17. The van der Waals surface area contributed by atoms with Gasteiger partial charge in [0.25, 0.3) is 11.8 Å². The number of hydroxylamine groups is 2. The molecule has 0 saturated carbocycles. The van der Waals surface area contributed by atoms with E-state index in [1.807, 2.05) is 0 Å². The van der Waals surface area contributed by atoms with Crippen LogP contribution in [0, 0.1) is 0 Å². The molecule has 0 unspecified atom stereocenters. The van der Waals surface area contributed by atoms with Crippen molar-refractivity contribution in [3.05, 3.63) is 59.7 Å². The molecule has 6 heteroatoms. The van der Waals surface area contributed by atoms with Gasteiger partial charge in [-0.25, -0.2) is 0 Å². The van der Waals surface area contributed by atoms with E-state index < -0.39 is 11.8 Å². The van der Waals surface area contributed by atoms with Crippen LogP contribution in [0.4, 0.5) is 0 Å². The van der Waals surface area contributed by atoms with E-state index in [1.165, 1.54) is 14.2 Å². The van der Waals surface area contributed by atoms with Crippen LogP contribution in [-0.2, 0) is 9.59 Å². The van der Waals surface area contributed by atoms with Crippen LogP contribution in [0.1, 0.15) is 11.1 Å². The van der Waals surface area contributed by atoms with Gasteiger partial charge in [-0.1, -0.05) is 24.3 Å². The summed E-state index contributed by atoms with van der Waals surface area (Å²) in [6.45, 7) is 0. The van der Waals surface area contributed by atoms with E-state index in [2.05, 4.69) is 0 Å². The van der Waals surface area contributed by atoms with Gasteiger partial charge < -0.3 is 9.47 Å². The molecule has 2 aromatic rings. The van der Waals surface area contributed by atoms with Crippen molar-refractivity contribution in [1.82, 2.24) is 5.06 Å². The van der Waals surface area contributed by atoms with Crippen molar-refractivity contribution in [3.63, 3.8) is 0 Å². The molecule has 2 aromatic carbocycles. The lowest BCUT2D eigenvalue weighted by Gasteiger charge is -2.06. The van der Waals surface area contributed by atoms with E-state index in [0.29, 0.717) is 22.6 Å². The molecule has 0 bridgehead atoms. The van der Waals surface area contributed by atoms with Gasteiger partial charge in [0.05, 0.1) is 25.4 Å². The number of carbonyl (C=O) groups is 2. The smallest absolute Gasteiger partial charge is 0.286 e. The Balaban J connectivity index is 2.15. The third-order valence-electron chi connectivity index (χ3n) is 3.82. The Morgan fingerprint density at radius 3 is 1.33 bits per heavy atom. The molecule has 0 radical (unpaired) electrons. The first-order valence-electron chi connectivity index (χ1n) is 7.17. The maximum atomic E-state index is 12.3. The number of hydrogen-bond donors (Lipinski definition) is 1. The first-order chi connectivity index (χ1) is 11.6. The zero-order valence-corrected chi connectivity index (χ0v) is 13.1. The summed E-state index contributed by atoms with van der Waals surface area (Å²) in [5.74, 6) is -0.252. The Hall–Kier alpha value is -3.12. The molecule has 122 valence electrons. The minimum absolute atomic E-state index is 0.138. The van der Waals surface area contributed by atoms with Crippen LogP contribution in [0.15, 0.2) is 48.5 Å². The molecule has 24 heavy (non-hydrogen) atoms. The number of imide groups is 1. The van der Waals surface area contributed by atoms with E-state index in [9.17, 15) is 14.8 Å². The fourth-order valence-electron chi connectivity index (χ4n) is 2.57. The molecule has 6 nitrogen and oxygen atoms in total. The van der Waals surface area contributed by atoms with E-state index in [4.69, 9.17) is 9.47 Å². The molecular weight excluding hydrogens is 310 g/mol. The molecular formula is C18H15NO5. The maximum Gasteiger partial charge on any atom is 0.286 e. The average Bonchev–Trinajstić information content (AvgIpc) is 2.86. The molecule has 1 aliphatic heterocycles. The monoisotopic (exact) mass is 325 g/mol. The van der Waals surface area contributed by atoms with Crippen molar-refractivity contribution in [1.29, 1.82) is 0 Å². The predicted octanol–water partition coefficient (Wildman–Crippen LogP) is 2.37. The standard InChI is InChI=1S/C18H15NO5/c1-23-13-7-3-11(4-8-13)15-16(18(21)19(22)17(15)20)12-5-9-14(24-2)10-6-12/h3-10,22H,1-2H3. The minimum Gasteiger partial charge on any atom is -0.497 e. The van der Waals surface area contributed by atoms with Gasteiger partial charge in [0.2, 0.25) is 0 Å². The molecule has 1 aliphatic rings. The zero-order chi connectivity index (χ0) is 17.3. The third-order valence-corrected chi connectivity index (χ3v) is 3.82. The number of hydrogen-bond acceptors (Lipinski definition) is 5. The highest BCUT2D eigenvalue weighted by Crippen LogP contribution is 2.35. The molecule has 0 atom stereocenters. The quantitative estimate of drug-likeness (QED) is 0.690. The van der Waals surface area contributed by atoms with Gasteiger partial charge >= 0.3 is 0 Å². The summed E-state index contributed by atoms with van der Waals surface area (Å²) >= 11 is 0. The van der Waals surface area contributed by atoms with Gasteiger partial charge in [0.15, 0.2) is 0 Å². The van der Waals surface area contributed by atoms with Crippen molar-refractivity contribution in [2.24, 2.45) is 0 Å². The van der Waals surface area contributed by atoms with Crippen LogP contribution in [0.2, 0.25) is 0 Å². The van der Waals surface area contributed by atoms with Crippen molar-refractivity contribution in [2.75, 3.05) is 14.2 Å². The van der Waals surface area contributed by atoms with Gasteiger partial charge in [-0.3, -0.25) is 14.8 Å². The Kier molecular flexibility index (Phi) is 4.05. The fraction of sp³-hybridized carbons (Fsp3) is 0.111. The predicted molar refractivity (Wildman–Crippen MR) is 86.4 cm³/mol. The maximum absolute atomic E-state index is 12.3. The number of rotatable bonds is 4. The Morgan fingerprint density at radius 1 is 0.708 bits per heavy atom. The van der Waals surface area contributed by atoms with Crippen LogP contribution in [0.25, 0.3) is 11.1 Å². The second-order valence-electron chi connectivity index (χ2n) is 5.13. The van der Waals surface area contributed by atoms with E-state index in [0.717, 1.165) is 0 Å². The minimum atomic E-state index is -0.754. The summed E-state index contributed by atoms with van der Waals surface area (Å²) < 4.78 is 10.2. The number of benzene rings is 2. The summed E-state index contributed by atoms with van der Waals surface area (Å²) in [5, 5.41) is 9.91. The summed E-state index contributed by atoms with van der Waals surface area (Å²) in [6.07, 6.45) is 0. The van der Waals surface area contributed by atoms with E-state index >= 15 is 0 Å². The van der Waals surface area contributed by atoms with Crippen molar-refractivity contribution in [3.8, 4) is 11.5 Å². The summed E-state index contributed by atoms with van der Waals surface area (Å²) in [4.78, 5) is 24.6. The van der Waals surface area contributed by atoms with Gasteiger partial charge in [0, 0.05) is 0 Å². The zero-order valence-electron chi connectivity index (χ0n) is 13.1. The topological polar surface area (TPSA) is 76.1 Å². The number of methoxy groups -OCH3 is 2. The van der Waals surface area contributed by atoms with Crippen LogP contribution in [0.3, 0.4) is 0 Å². The number of carbonyl (C=O) groups excluding carboxylic acids is 2. The van der Waals surface area contributed by atoms with Crippen molar-refractivity contribution >= 4 is 23.0 Å². The average molecular weight is 325 g/mol. The Bertz CT molecular complexity index is 752. The van der Waals surface area contributed by atoms with Crippen LogP contribution < -0.4 is 9.47 Å². The molecule has 0 spiro atoms. The molecule has 1 N–H and O–H groups in total. The van der Waals surface area contributed by atoms with Crippen LogP contribution in [0.5, 0.6) is 11.5 Å². The Labute approximate surface area is 138 Å². The lowest BCUT2D eigenvalue weighted by molar-refractivity contribution is -0.168. The first kappa shape index (κ1) is 15.8. The molecule has 0 aliphatic carbocycles. The number of ether oxygens (including phenoxy) is 2. The normalized spacial score (nSPS) is 14.4. The number of nitrogens with zero attached hydrogens (tertiary/aromatic N) is 1. The lowest BCUT2D eigenvalue weighted by atomic mass is 9.96. The van der Waals surface area contributed by atoms with Gasteiger partial charge in [-0.15, -0.1) is 5.06 Å². The molecule has 0 fully saturated rings. The highest BCUT2D eigenvalue weighted by Gasteiger charge is 2.39. The fourth-order valence-corrected chi connectivity index (χ4v) is 2.57. The largest absolute Gasteiger partial charge is 0.497 e. The number of amides is 2. The van der Waals surface area contributed by atoms with Crippen LogP contribution >= 0.6 is 0 Å². The molecule has 3 rings (SSSR count). The van der Waals surface area contributed by atoms with Crippen molar-refractivity contribution < 1.29 is 24.3 Å². The molecule has 0 aromatic heterocycles.